The van der Waals surface area contributed by atoms with Gasteiger partial charge in [0.05, 0.1) is 19.8 Å². The zero-order valence-electron chi connectivity index (χ0n) is 13.4. The van der Waals surface area contributed by atoms with Crippen molar-refractivity contribution >= 4 is 0 Å². The molecule has 0 spiro atoms. The topological polar surface area (TPSA) is 33.7 Å². The maximum atomic E-state index is 5.60. The van der Waals surface area contributed by atoms with Crippen LogP contribution in [0.4, 0.5) is 0 Å². The average Bonchev–Trinajstić information content (AvgIpc) is 2.51. The highest BCUT2D eigenvalue weighted by Crippen LogP contribution is 2.23. The van der Waals surface area contributed by atoms with Crippen LogP contribution in [0, 0.1) is 5.41 Å². The van der Waals surface area contributed by atoms with Crippen molar-refractivity contribution in [2.75, 3.05) is 46.6 Å². The zero-order chi connectivity index (χ0) is 14.3. The molecule has 1 N–H and O–H groups in total. The second-order valence-corrected chi connectivity index (χ2v) is 6.61. The number of hydrogen-bond acceptors (Lipinski definition) is 4. The highest BCUT2D eigenvalue weighted by Gasteiger charge is 2.30. The molecule has 1 fully saturated rings. The van der Waals surface area contributed by atoms with Gasteiger partial charge in [0.15, 0.2) is 0 Å². The summed E-state index contributed by atoms with van der Waals surface area (Å²) in [5, 5.41) is 3.69. The molecule has 0 saturated carbocycles. The highest BCUT2D eigenvalue weighted by molar-refractivity contribution is 4.88. The Morgan fingerprint density at radius 3 is 2.58 bits per heavy atom. The summed E-state index contributed by atoms with van der Waals surface area (Å²) in [6, 6.07) is 1.18. The standard InChI is InChI=1S/C15H32N2O2/c1-13-6-7-16-14(15(2,3)4)12-17(13)8-9-19-11-10-18-5/h13-14,16H,6-12H2,1-5H3. The first-order chi connectivity index (χ1) is 8.95. The van der Waals surface area contributed by atoms with Crippen molar-refractivity contribution in [2.24, 2.45) is 5.41 Å². The van der Waals surface area contributed by atoms with Crippen LogP contribution in [-0.2, 0) is 9.47 Å². The van der Waals surface area contributed by atoms with Gasteiger partial charge in [-0.3, -0.25) is 4.90 Å². The van der Waals surface area contributed by atoms with E-state index < -0.39 is 0 Å². The van der Waals surface area contributed by atoms with E-state index in [-0.39, 0.29) is 0 Å². The molecule has 0 aliphatic carbocycles. The first-order valence-electron chi connectivity index (χ1n) is 7.49. The number of rotatable bonds is 6. The summed E-state index contributed by atoms with van der Waals surface area (Å²) in [7, 11) is 1.71. The lowest BCUT2D eigenvalue weighted by Crippen LogP contribution is -2.48. The average molecular weight is 272 g/mol. The minimum atomic E-state index is 0.305. The second kappa shape index (κ2) is 8.20. The van der Waals surface area contributed by atoms with Crippen molar-refractivity contribution in [3.8, 4) is 0 Å². The fourth-order valence-electron chi connectivity index (χ4n) is 2.45. The van der Waals surface area contributed by atoms with Crippen LogP contribution in [0.5, 0.6) is 0 Å². The smallest absolute Gasteiger partial charge is 0.0700 e. The Bertz CT molecular complexity index is 241. The van der Waals surface area contributed by atoms with E-state index >= 15 is 0 Å². The van der Waals surface area contributed by atoms with Crippen molar-refractivity contribution in [1.29, 1.82) is 0 Å². The van der Waals surface area contributed by atoms with Gasteiger partial charge in [-0.1, -0.05) is 20.8 Å². The number of methoxy groups -OCH3 is 1. The molecule has 0 radical (unpaired) electrons. The van der Waals surface area contributed by atoms with Gasteiger partial charge in [-0.25, -0.2) is 0 Å². The molecule has 19 heavy (non-hydrogen) atoms. The van der Waals surface area contributed by atoms with E-state index in [2.05, 4.69) is 37.9 Å². The molecule has 0 aromatic heterocycles. The molecule has 1 heterocycles. The summed E-state index contributed by atoms with van der Waals surface area (Å²) in [5.74, 6) is 0. The van der Waals surface area contributed by atoms with E-state index in [1.807, 2.05) is 0 Å². The minimum Gasteiger partial charge on any atom is -0.382 e. The maximum absolute atomic E-state index is 5.60. The third kappa shape index (κ3) is 6.21. The van der Waals surface area contributed by atoms with E-state index in [0.29, 0.717) is 30.7 Å². The molecule has 1 aliphatic rings. The predicted octanol–water partition coefficient (Wildman–Crippen LogP) is 1.75. The van der Waals surface area contributed by atoms with Crippen LogP contribution >= 0.6 is 0 Å². The monoisotopic (exact) mass is 272 g/mol. The molecule has 1 rings (SSSR count). The molecule has 114 valence electrons. The quantitative estimate of drug-likeness (QED) is 0.747. The number of nitrogens with one attached hydrogen (secondary N) is 1. The molecular formula is C15H32N2O2. The van der Waals surface area contributed by atoms with E-state index in [4.69, 9.17) is 9.47 Å². The summed E-state index contributed by atoms with van der Waals surface area (Å²) < 4.78 is 10.6. The normalized spacial score (nSPS) is 26.4. The third-order valence-corrected chi connectivity index (χ3v) is 3.99. The van der Waals surface area contributed by atoms with Crippen LogP contribution in [0.1, 0.15) is 34.1 Å². The summed E-state index contributed by atoms with van der Waals surface area (Å²) in [6.07, 6.45) is 1.21. The van der Waals surface area contributed by atoms with Crippen molar-refractivity contribution in [1.82, 2.24) is 10.2 Å². The van der Waals surface area contributed by atoms with Crippen LogP contribution < -0.4 is 5.32 Å². The Hall–Kier alpha value is -0.160. The van der Waals surface area contributed by atoms with Gasteiger partial charge in [0.25, 0.3) is 0 Å². The molecule has 1 aliphatic heterocycles. The molecule has 1 saturated heterocycles. The number of ether oxygens (including phenoxy) is 2. The van der Waals surface area contributed by atoms with Crippen molar-refractivity contribution in [3.05, 3.63) is 0 Å². The summed E-state index contributed by atoms with van der Waals surface area (Å²) in [4.78, 5) is 2.56. The third-order valence-electron chi connectivity index (χ3n) is 3.99. The van der Waals surface area contributed by atoms with Crippen molar-refractivity contribution in [2.45, 2.75) is 46.2 Å². The van der Waals surface area contributed by atoms with Crippen LogP contribution in [0.2, 0.25) is 0 Å². The Kier molecular flexibility index (Phi) is 7.29. The number of nitrogens with zero attached hydrogens (tertiary/aromatic N) is 1. The Balaban J connectivity index is 2.39. The summed E-state index contributed by atoms with van der Waals surface area (Å²) in [6.45, 7) is 14.7. The van der Waals surface area contributed by atoms with Gasteiger partial charge in [-0.05, 0) is 25.3 Å². The number of hydrogen-bond donors (Lipinski definition) is 1. The fourth-order valence-corrected chi connectivity index (χ4v) is 2.45. The molecule has 0 amide bonds. The molecular weight excluding hydrogens is 240 g/mol. The van der Waals surface area contributed by atoms with Gasteiger partial charge in [0, 0.05) is 32.3 Å². The fraction of sp³-hybridized carbons (Fsp3) is 1.00. The summed E-state index contributed by atoms with van der Waals surface area (Å²) in [5.41, 5.74) is 0.305. The Labute approximate surface area is 118 Å². The Morgan fingerprint density at radius 2 is 1.95 bits per heavy atom. The van der Waals surface area contributed by atoms with Gasteiger partial charge in [0.2, 0.25) is 0 Å². The SMILES string of the molecule is COCCOCCN1CC(C(C)(C)C)NCCC1C. The molecule has 2 unspecified atom stereocenters. The van der Waals surface area contributed by atoms with E-state index in [9.17, 15) is 0 Å². The van der Waals surface area contributed by atoms with Crippen molar-refractivity contribution < 1.29 is 9.47 Å². The van der Waals surface area contributed by atoms with Gasteiger partial charge in [-0.2, -0.15) is 0 Å². The van der Waals surface area contributed by atoms with Crippen LogP contribution in [0.3, 0.4) is 0 Å². The first-order valence-corrected chi connectivity index (χ1v) is 7.49. The molecule has 0 aromatic carbocycles. The molecule has 4 heteroatoms. The van der Waals surface area contributed by atoms with Gasteiger partial charge < -0.3 is 14.8 Å². The Morgan fingerprint density at radius 1 is 1.21 bits per heavy atom. The predicted molar refractivity (Wildman–Crippen MR) is 79.6 cm³/mol. The lowest BCUT2D eigenvalue weighted by atomic mass is 9.86. The van der Waals surface area contributed by atoms with E-state index in [1.165, 1.54) is 6.42 Å². The van der Waals surface area contributed by atoms with E-state index in [1.54, 1.807) is 7.11 Å². The van der Waals surface area contributed by atoms with E-state index in [0.717, 1.165) is 26.2 Å². The van der Waals surface area contributed by atoms with Crippen LogP contribution in [0.15, 0.2) is 0 Å². The summed E-state index contributed by atoms with van der Waals surface area (Å²) >= 11 is 0. The van der Waals surface area contributed by atoms with Gasteiger partial charge >= 0.3 is 0 Å². The molecule has 2 atom stereocenters. The lowest BCUT2D eigenvalue weighted by Gasteiger charge is -2.35. The van der Waals surface area contributed by atoms with Crippen LogP contribution in [0.25, 0.3) is 0 Å². The maximum Gasteiger partial charge on any atom is 0.0700 e. The first kappa shape index (κ1) is 16.9. The second-order valence-electron chi connectivity index (χ2n) is 6.61. The zero-order valence-corrected chi connectivity index (χ0v) is 13.4. The van der Waals surface area contributed by atoms with Crippen LogP contribution in [-0.4, -0.2) is 63.5 Å². The molecule has 4 nitrogen and oxygen atoms in total. The molecule has 0 bridgehead atoms. The molecule has 0 aromatic rings. The lowest BCUT2D eigenvalue weighted by molar-refractivity contribution is 0.0477. The van der Waals surface area contributed by atoms with Crippen molar-refractivity contribution in [3.63, 3.8) is 0 Å². The largest absolute Gasteiger partial charge is 0.382 e. The minimum absolute atomic E-state index is 0.305. The van der Waals surface area contributed by atoms with Gasteiger partial charge in [0.1, 0.15) is 0 Å². The van der Waals surface area contributed by atoms with Gasteiger partial charge in [-0.15, -0.1) is 0 Å². The highest BCUT2D eigenvalue weighted by atomic mass is 16.5.